The molecule has 0 bridgehead atoms. The number of nitrogens with zero attached hydrogens (tertiary/aromatic N) is 1. The molecule has 0 saturated carbocycles. The van der Waals surface area contributed by atoms with Gasteiger partial charge in [0.1, 0.15) is 10.7 Å². The van der Waals surface area contributed by atoms with Gasteiger partial charge < -0.3 is 5.32 Å². The molecule has 4 nitrogen and oxygen atoms in total. The minimum atomic E-state index is -0.509. The van der Waals surface area contributed by atoms with Crippen LogP contribution in [0.2, 0.25) is 10.0 Å². The first-order chi connectivity index (χ1) is 12.0. The molecule has 128 valence electrons. The lowest BCUT2D eigenvalue weighted by Gasteiger charge is -2.15. The molecule has 0 radical (unpaired) electrons. The molecule has 25 heavy (non-hydrogen) atoms. The normalized spacial score (nSPS) is 14.4. The monoisotopic (exact) mass is 394 g/mol. The van der Waals surface area contributed by atoms with Gasteiger partial charge in [-0.05, 0) is 30.2 Å². The first kappa shape index (κ1) is 17.8. The standard InChI is InChI=1S/C18H13Cl3N2O2/c19-13-7-6-12(10-14(13)20)22-16-15(21)17(24)23(18(16)25)9-8-11-4-2-1-3-5-11/h1-7,10,22H,8-9H2. The number of rotatable bonds is 5. The number of hydrogen-bond donors (Lipinski definition) is 1. The van der Waals surface area contributed by atoms with Gasteiger partial charge in [-0.1, -0.05) is 65.1 Å². The van der Waals surface area contributed by atoms with Crippen LogP contribution < -0.4 is 5.32 Å². The summed E-state index contributed by atoms with van der Waals surface area (Å²) in [6, 6.07) is 14.4. The lowest BCUT2D eigenvalue weighted by molar-refractivity contribution is -0.137. The highest BCUT2D eigenvalue weighted by Gasteiger charge is 2.37. The summed E-state index contributed by atoms with van der Waals surface area (Å²) in [5.41, 5.74) is 1.59. The molecule has 2 aromatic rings. The molecule has 3 rings (SSSR count). The zero-order chi connectivity index (χ0) is 18.0. The number of carbonyl (C=O) groups excluding carboxylic acids is 2. The van der Waals surface area contributed by atoms with Crippen LogP contribution in [-0.4, -0.2) is 23.3 Å². The third-order valence-electron chi connectivity index (χ3n) is 3.77. The molecule has 0 unspecified atom stereocenters. The van der Waals surface area contributed by atoms with Crippen LogP contribution in [0.1, 0.15) is 5.56 Å². The van der Waals surface area contributed by atoms with Crippen molar-refractivity contribution in [2.45, 2.75) is 6.42 Å². The van der Waals surface area contributed by atoms with Gasteiger partial charge >= 0.3 is 0 Å². The molecule has 0 atom stereocenters. The predicted molar refractivity (Wildman–Crippen MR) is 99.8 cm³/mol. The highest BCUT2D eigenvalue weighted by molar-refractivity contribution is 6.48. The zero-order valence-corrected chi connectivity index (χ0v) is 15.2. The topological polar surface area (TPSA) is 49.4 Å². The van der Waals surface area contributed by atoms with Gasteiger partial charge in [0.25, 0.3) is 11.8 Å². The van der Waals surface area contributed by atoms with Crippen molar-refractivity contribution in [3.05, 3.63) is 74.9 Å². The molecule has 1 aliphatic heterocycles. The van der Waals surface area contributed by atoms with Gasteiger partial charge in [-0.2, -0.15) is 0 Å². The van der Waals surface area contributed by atoms with Crippen LogP contribution in [-0.2, 0) is 16.0 Å². The zero-order valence-electron chi connectivity index (χ0n) is 12.9. The molecule has 0 aliphatic carbocycles. The summed E-state index contributed by atoms with van der Waals surface area (Å²) in [4.78, 5) is 26.0. The number of imide groups is 1. The Balaban J connectivity index is 1.73. The Morgan fingerprint density at radius 3 is 2.28 bits per heavy atom. The molecule has 7 heteroatoms. The van der Waals surface area contributed by atoms with E-state index in [1.807, 2.05) is 30.3 Å². The molecular formula is C18H13Cl3N2O2. The van der Waals surface area contributed by atoms with E-state index in [4.69, 9.17) is 34.8 Å². The first-order valence-corrected chi connectivity index (χ1v) is 8.62. The van der Waals surface area contributed by atoms with Crippen molar-refractivity contribution >= 4 is 52.3 Å². The first-order valence-electron chi connectivity index (χ1n) is 7.49. The third kappa shape index (κ3) is 3.82. The van der Waals surface area contributed by atoms with E-state index in [1.165, 1.54) is 0 Å². The second-order valence-corrected chi connectivity index (χ2v) is 6.63. The number of halogens is 3. The minimum Gasteiger partial charge on any atom is -0.350 e. The van der Waals surface area contributed by atoms with Gasteiger partial charge in [-0.25, -0.2) is 0 Å². The van der Waals surface area contributed by atoms with Gasteiger partial charge in [0.15, 0.2) is 0 Å². The van der Waals surface area contributed by atoms with E-state index in [0.29, 0.717) is 22.2 Å². The minimum absolute atomic E-state index is 0.0399. The van der Waals surface area contributed by atoms with Crippen LogP contribution in [0.25, 0.3) is 0 Å². The summed E-state index contributed by atoms with van der Waals surface area (Å²) < 4.78 is 0. The maximum atomic E-state index is 12.5. The molecule has 1 N–H and O–H groups in total. The summed E-state index contributed by atoms with van der Waals surface area (Å²) >= 11 is 17.9. The Morgan fingerprint density at radius 2 is 1.60 bits per heavy atom. The summed E-state index contributed by atoms with van der Waals surface area (Å²) in [6.45, 7) is 0.254. The van der Waals surface area contributed by atoms with Crippen molar-refractivity contribution in [2.75, 3.05) is 11.9 Å². The second kappa shape index (κ2) is 7.48. The largest absolute Gasteiger partial charge is 0.350 e. The van der Waals surface area contributed by atoms with Crippen LogP contribution in [0.15, 0.2) is 59.3 Å². The van der Waals surface area contributed by atoms with Gasteiger partial charge in [0.05, 0.1) is 10.0 Å². The van der Waals surface area contributed by atoms with E-state index in [2.05, 4.69) is 5.32 Å². The Labute approximate surface area is 160 Å². The summed E-state index contributed by atoms with van der Waals surface area (Å²) in [5, 5.41) is 3.45. The lowest BCUT2D eigenvalue weighted by Crippen LogP contribution is -2.34. The molecule has 2 aromatic carbocycles. The van der Waals surface area contributed by atoms with E-state index < -0.39 is 11.8 Å². The summed E-state index contributed by atoms with van der Waals surface area (Å²) in [5.74, 6) is -0.970. The Kier molecular flexibility index (Phi) is 5.33. The molecule has 0 aromatic heterocycles. The molecule has 0 fully saturated rings. The van der Waals surface area contributed by atoms with Crippen LogP contribution in [0.3, 0.4) is 0 Å². The highest BCUT2D eigenvalue weighted by Crippen LogP contribution is 2.29. The van der Waals surface area contributed by atoms with E-state index in [1.54, 1.807) is 18.2 Å². The third-order valence-corrected chi connectivity index (χ3v) is 4.86. The van der Waals surface area contributed by atoms with Crippen LogP contribution in [0.5, 0.6) is 0 Å². The van der Waals surface area contributed by atoms with Crippen molar-refractivity contribution in [1.82, 2.24) is 4.90 Å². The Bertz CT molecular complexity index is 866. The number of amides is 2. The highest BCUT2D eigenvalue weighted by atomic mass is 35.5. The van der Waals surface area contributed by atoms with E-state index in [-0.39, 0.29) is 17.3 Å². The van der Waals surface area contributed by atoms with E-state index in [0.717, 1.165) is 10.5 Å². The molecular weight excluding hydrogens is 383 g/mol. The Morgan fingerprint density at radius 1 is 0.880 bits per heavy atom. The quantitative estimate of drug-likeness (QED) is 0.760. The van der Waals surface area contributed by atoms with Crippen LogP contribution >= 0.6 is 34.8 Å². The van der Waals surface area contributed by atoms with E-state index in [9.17, 15) is 9.59 Å². The van der Waals surface area contributed by atoms with E-state index >= 15 is 0 Å². The molecule has 0 saturated heterocycles. The average Bonchev–Trinajstić information content (AvgIpc) is 2.81. The number of carbonyl (C=O) groups is 2. The number of hydrogen-bond acceptors (Lipinski definition) is 3. The van der Waals surface area contributed by atoms with Crippen molar-refractivity contribution in [3.63, 3.8) is 0 Å². The molecule has 2 amide bonds. The van der Waals surface area contributed by atoms with Crippen LogP contribution in [0, 0.1) is 0 Å². The maximum Gasteiger partial charge on any atom is 0.278 e. The van der Waals surface area contributed by atoms with Crippen molar-refractivity contribution < 1.29 is 9.59 Å². The fourth-order valence-electron chi connectivity index (χ4n) is 2.46. The predicted octanol–water partition coefficient (Wildman–Crippen LogP) is 4.47. The van der Waals surface area contributed by atoms with Crippen molar-refractivity contribution in [3.8, 4) is 0 Å². The summed E-state index contributed by atoms with van der Waals surface area (Å²) in [7, 11) is 0. The summed E-state index contributed by atoms with van der Waals surface area (Å²) in [6.07, 6.45) is 0.558. The molecule has 0 spiro atoms. The number of nitrogens with one attached hydrogen (secondary N) is 1. The SMILES string of the molecule is O=C1C(Cl)=C(Nc2ccc(Cl)c(Cl)c2)C(=O)N1CCc1ccccc1. The van der Waals surface area contributed by atoms with Gasteiger partial charge in [-0.3, -0.25) is 14.5 Å². The molecule has 1 aliphatic rings. The van der Waals surface area contributed by atoms with Gasteiger partial charge in [0, 0.05) is 12.2 Å². The van der Waals surface area contributed by atoms with Crippen molar-refractivity contribution in [2.24, 2.45) is 0 Å². The van der Waals surface area contributed by atoms with Crippen LogP contribution in [0.4, 0.5) is 5.69 Å². The fraction of sp³-hybridized carbons (Fsp3) is 0.111. The number of anilines is 1. The van der Waals surface area contributed by atoms with Gasteiger partial charge in [-0.15, -0.1) is 0 Å². The second-order valence-electron chi connectivity index (χ2n) is 5.44. The average molecular weight is 396 g/mol. The molecule has 1 heterocycles. The van der Waals surface area contributed by atoms with Crippen molar-refractivity contribution in [1.29, 1.82) is 0 Å². The Hall–Kier alpha value is -2.01. The lowest BCUT2D eigenvalue weighted by atomic mass is 10.1. The maximum absolute atomic E-state index is 12.5. The van der Waals surface area contributed by atoms with Gasteiger partial charge in [0.2, 0.25) is 0 Å². The fourth-order valence-corrected chi connectivity index (χ4v) is 2.99. The number of benzene rings is 2. The smallest absolute Gasteiger partial charge is 0.278 e.